The van der Waals surface area contributed by atoms with Crippen molar-refractivity contribution in [3.05, 3.63) is 41.5 Å². The molecule has 0 atom stereocenters. The first-order valence-corrected chi connectivity index (χ1v) is 10.3. The smallest absolute Gasteiger partial charge is 0.303 e. The highest BCUT2D eigenvalue weighted by molar-refractivity contribution is 8.13. The molecule has 1 amide bonds. The normalized spacial score (nSPS) is 15.2. The number of aliphatic imine (C=N–C) groups is 2. The van der Waals surface area contributed by atoms with Crippen molar-refractivity contribution in [1.82, 2.24) is 9.47 Å². The number of carboxylic acid groups (broad SMARTS) is 1. The Hall–Kier alpha value is -2.87. The van der Waals surface area contributed by atoms with Crippen molar-refractivity contribution in [3.63, 3.8) is 0 Å². The summed E-state index contributed by atoms with van der Waals surface area (Å²) in [5.74, 6) is 0.398. The van der Waals surface area contributed by atoms with E-state index in [-0.39, 0.29) is 18.9 Å². The molecule has 0 saturated carbocycles. The Labute approximate surface area is 166 Å². The topological polar surface area (TPSA) is 87.3 Å². The van der Waals surface area contributed by atoms with Gasteiger partial charge in [0.05, 0.1) is 11.3 Å². The van der Waals surface area contributed by atoms with Crippen LogP contribution in [0.3, 0.4) is 0 Å². The van der Waals surface area contributed by atoms with Crippen molar-refractivity contribution < 1.29 is 14.7 Å². The van der Waals surface area contributed by atoms with E-state index in [0.29, 0.717) is 18.8 Å². The van der Waals surface area contributed by atoms with Crippen LogP contribution in [0.25, 0.3) is 11.3 Å². The summed E-state index contributed by atoms with van der Waals surface area (Å²) in [4.78, 5) is 34.0. The van der Waals surface area contributed by atoms with Gasteiger partial charge in [-0.15, -0.1) is 0 Å². The van der Waals surface area contributed by atoms with E-state index in [1.165, 1.54) is 11.8 Å². The fraction of sp³-hybridized carbons (Fsp3) is 0.300. The molecule has 2 aliphatic heterocycles. The van der Waals surface area contributed by atoms with Crippen molar-refractivity contribution in [3.8, 4) is 11.3 Å². The van der Waals surface area contributed by atoms with E-state index in [0.717, 1.165) is 33.4 Å². The number of amidine groups is 2. The van der Waals surface area contributed by atoms with Crippen LogP contribution in [0, 0.1) is 6.92 Å². The van der Waals surface area contributed by atoms with E-state index in [1.807, 2.05) is 48.4 Å². The van der Waals surface area contributed by atoms with Gasteiger partial charge in [0, 0.05) is 13.0 Å². The summed E-state index contributed by atoms with van der Waals surface area (Å²) in [5.41, 5.74) is 3.88. The van der Waals surface area contributed by atoms with E-state index in [2.05, 4.69) is 9.56 Å². The maximum atomic E-state index is 12.0. The molecular formula is C20H20N4O3S. The van der Waals surface area contributed by atoms with Gasteiger partial charge in [-0.25, -0.2) is 4.99 Å². The first kappa shape index (κ1) is 18.5. The van der Waals surface area contributed by atoms with Crippen molar-refractivity contribution in [1.29, 1.82) is 0 Å². The van der Waals surface area contributed by atoms with Gasteiger partial charge in [-0.3, -0.25) is 14.5 Å². The summed E-state index contributed by atoms with van der Waals surface area (Å²) in [5, 5.41) is 9.78. The van der Waals surface area contributed by atoms with Gasteiger partial charge in [0.1, 0.15) is 18.2 Å². The number of carbonyl (C=O) groups is 2. The van der Waals surface area contributed by atoms with Crippen molar-refractivity contribution >= 4 is 40.5 Å². The Balaban J connectivity index is 1.92. The van der Waals surface area contributed by atoms with Gasteiger partial charge in [-0.2, -0.15) is 4.99 Å². The zero-order valence-corrected chi connectivity index (χ0v) is 16.5. The Kier molecular flexibility index (Phi) is 4.80. The molecule has 4 rings (SSSR count). The Morgan fingerprint density at radius 3 is 2.68 bits per heavy atom. The fourth-order valence-electron chi connectivity index (χ4n) is 3.77. The number of hydrogen-bond acceptors (Lipinski definition) is 5. The second-order valence-electron chi connectivity index (χ2n) is 6.70. The fourth-order valence-corrected chi connectivity index (χ4v) is 4.32. The zero-order chi connectivity index (χ0) is 19.8. The average molecular weight is 396 g/mol. The van der Waals surface area contributed by atoms with Crippen molar-refractivity contribution in [2.75, 3.05) is 12.8 Å². The van der Waals surface area contributed by atoms with Gasteiger partial charge in [-0.05, 0) is 30.7 Å². The predicted octanol–water partition coefficient (Wildman–Crippen LogP) is 3.28. The molecule has 0 bridgehead atoms. The summed E-state index contributed by atoms with van der Waals surface area (Å²) < 4.78 is 2.07. The molecule has 8 heteroatoms. The number of rotatable bonds is 5. The monoisotopic (exact) mass is 396 g/mol. The maximum Gasteiger partial charge on any atom is 0.303 e. The minimum atomic E-state index is -0.816. The summed E-state index contributed by atoms with van der Waals surface area (Å²) >= 11 is 1.47. The third-order valence-electron chi connectivity index (χ3n) is 4.92. The van der Waals surface area contributed by atoms with Gasteiger partial charge in [0.15, 0.2) is 5.17 Å². The number of carboxylic acids is 1. The van der Waals surface area contributed by atoms with Crippen LogP contribution in [-0.4, -0.2) is 50.3 Å². The van der Waals surface area contributed by atoms with E-state index >= 15 is 0 Å². The molecule has 28 heavy (non-hydrogen) atoms. The average Bonchev–Trinajstić information content (AvgIpc) is 3.19. The van der Waals surface area contributed by atoms with Gasteiger partial charge in [0.25, 0.3) is 5.91 Å². The van der Waals surface area contributed by atoms with Crippen LogP contribution in [0.15, 0.2) is 40.3 Å². The van der Waals surface area contributed by atoms with Gasteiger partial charge in [-0.1, -0.05) is 42.1 Å². The molecule has 2 aromatic rings. The van der Waals surface area contributed by atoms with Crippen LogP contribution in [-0.2, 0) is 16.1 Å². The van der Waals surface area contributed by atoms with Crippen LogP contribution in [0.2, 0.25) is 0 Å². The number of benzene rings is 1. The number of aromatic nitrogens is 1. The molecule has 0 aliphatic carbocycles. The highest BCUT2D eigenvalue weighted by Crippen LogP contribution is 2.41. The first-order valence-electron chi connectivity index (χ1n) is 9.03. The molecule has 1 aromatic carbocycles. The van der Waals surface area contributed by atoms with Crippen LogP contribution >= 0.6 is 11.8 Å². The molecule has 1 N–H and O–H groups in total. The van der Waals surface area contributed by atoms with Gasteiger partial charge >= 0.3 is 5.97 Å². The minimum Gasteiger partial charge on any atom is -0.481 e. The van der Waals surface area contributed by atoms with E-state index in [1.54, 1.807) is 0 Å². The molecule has 3 heterocycles. The number of aliphatic carboxylic acids is 1. The highest BCUT2D eigenvalue weighted by Gasteiger charge is 2.37. The van der Waals surface area contributed by atoms with Crippen LogP contribution in [0.1, 0.15) is 24.0 Å². The predicted molar refractivity (Wildman–Crippen MR) is 110 cm³/mol. The van der Waals surface area contributed by atoms with Gasteiger partial charge < -0.3 is 9.67 Å². The van der Waals surface area contributed by atoms with Crippen LogP contribution < -0.4 is 0 Å². The summed E-state index contributed by atoms with van der Waals surface area (Å²) in [6.45, 7) is 2.75. The molecule has 2 aliphatic rings. The molecule has 0 saturated heterocycles. The van der Waals surface area contributed by atoms with E-state index in [9.17, 15) is 9.59 Å². The van der Waals surface area contributed by atoms with Gasteiger partial charge in [0.2, 0.25) is 0 Å². The second kappa shape index (κ2) is 7.27. The third-order valence-corrected chi connectivity index (χ3v) is 5.59. The quantitative estimate of drug-likeness (QED) is 0.838. The standard InChI is InChI=1S/C20H20N4O3S/c1-12-16-18-21-14(25)11-24(18)20(28-2)22-19(16)23(10-6-9-15(26)27)17(12)13-7-4-3-5-8-13/h3-5,7-8H,6,9-11H2,1-2H3,(H,26,27). The van der Waals surface area contributed by atoms with Crippen LogP contribution in [0.5, 0.6) is 0 Å². The largest absolute Gasteiger partial charge is 0.481 e. The number of nitrogens with zero attached hydrogens (tertiary/aromatic N) is 4. The highest BCUT2D eigenvalue weighted by atomic mass is 32.2. The number of hydrogen-bond donors (Lipinski definition) is 1. The lowest BCUT2D eigenvalue weighted by molar-refractivity contribution is -0.137. The lowest BCUT2D eigenvalue weighted by Crippen LogP contribution is -2.36. The molecular weight excluding hydrogens is 376 g/mol. The Bertz CT molecular complexity index is 1020. The van der Waals surface area contributed by atoms with E-state index in [4.69, 9.17) is 10.1 Å². The zero-order valence-electron chi connectivity index (χ0n) is 15.7. The first-order chi connectivity index (χ1) is 13.5. The van der Waals surface area contributed by atoms with Crippen molar-refractivity contribution in [2.45, 2.75) is 26.3 Å². The SMILES string of the molecule is CSC1=Nc2c(c(C)c(-c3ccccc3)n2CCCC(=O)O)C2=NC(=O)CN12. The number of thioether (sulfide) groups is 1. The third kappa shape index (κ3) is 3.03. The lowest BCUT2D eigenvalue weighted by atomic mass is 10.0. The summed E-state index contributed by atoms with van der Waals surface area (Å²) in [7, 11) is 0. The van der Waals surface area contributed by atoms with E-state index < -0.39 is 5.97 Å². The molecule has 0 unspecified atom stereocenters. The molecule has 0 radical (unpaired) electrons. The van der Waals surface area contributed by atoms with Crippen molar-refractivity contribution in [2.24, 2.45) is 9.98 Å². The molecule has 144 valence electrons. The minimum absolute atomic E-state index is 0.0882. The van der Waals surface area contributed by atoms with Crippen LogP contribution in [0.4, 0.5) is 5.82 Å². The second-order valence-corrected chi connectivity index (χ2v) is 7.47. The summed E-state index contributed by atoms with van der Waals surface area (Å²) in [6.07, 6.45) is 2.51. The Morgan fingerprint density at radius 1 is 1.25 bits per heavy atom. The maximum absolute atomic E-state index is 12.0. The number of amides is 1. The molecule has 0 spiro atoms. The number of fused-ring (bicyclic) bond motifs is 3. The summed E-state index contributed by atoms with van der Waals surface area (Å²) in [6, 6.07) is 9.96. The number of carbonyl (C=O) groups excluding carboxylic acids is 1. The lowest BCUT2D eigenvalue weighted by Gasteiger charge is -2.25. The molecule has 0 fully saturated rings. The molecule has 1 aromatic heterocycles. The molecule has 7 nitrogen and oxygen atoms in total. The Morgan fingerprint density at radius 2 is 2.00 bits per heavy atom.